The van der Waals surface area contributed by atoms with Crippen LogP contribution in [0.4, 0.5) is 0 Å². The van der Waals surface area contributed by atoms with Gasteiger partial charge >= 0.3 is 0 Å². The molecule has 0 atom stereocenters. The van der Waals surface area contributed by atoms with Gasteiger partial charge in [-0.3, -0.25) is 0 Å². The Hall–Kier alpha value is -2.54. The maximum absolute atomic E-state index is 4.64. The van der Waals surface area contributed by atoms with E-state index in [0.29, 0.717) is 6.42 Å². The number of hydrogen-bond donors (Lipinski definition) is 0. The molecule has 7 heteroatoms. The Labute approximate surface area is 137 Å². The van der Waals surface area contributed by atoms with Crippen LogP contribution in [0.2, 0.25) is 0 Å². The van der Waals surface area contributed by atoms with Crippen molar-refractivity contribution in [3.63, 3.8) is 0 Å². The van der Waals surface area contributed by atoms with E-state index in [9.17, 15) is 0 Å². The zero-order valence-electron chi connectivity index (χ0n) is 13.2. The number of aryl methyl sites for hydroxylation is 3. The molecule has 0 aliphatic rings. The normalized spacial score (nSPS) is 11.4. The van der Waals surface area contributed by atoms with Crippen LogP contribution in [0.3, 0.4) is 0 Å². The molecule has 0 unspecified atom stereocenters. The van der Waals surface area contributed by atoms with Crippen molar-refractivity contribution in [3.05, 3.63) is 58.7 Å². The summed E-state index contributed by atoms with van der Waals surface area (Å²) in [7, 11) is 0. The fourth-order valence-corrected chi connectivity index (χ4v) is 3.43. The van der Waals surface area contributed by atoms with Gasteiger partial charge in [-0.05, 0) is 32.4 Å². The average molecular weight is 324 g/mol. The molecule has 4 aromatic rings. The Morgan fingerprint density at radius 3 is 2.48 bits per heavy atom. The molecule has 116 valence electrons. The van der Waals surface area contributed by atoms with Gasteiger partial charge in [-0.15, -0.1) is 15.3 Å². The lowest BCUT2D eigenvalue weighted by Gasteiger charge is -2.00. The van der Waals surface area contributed by atoms with Crippen LogP contribution in [-0.4, -0.2) is 29.6 Å². The molecular weight excluding hydrogens is 308 g/mol. The molecule has 0 spiro atoms. The smallest absolute Gasteiger partial charge is 0.209 e. The fraction of sp³-hybridized carbons (Fsp3) is 0.250. The Bertz CT molecular complexity index is 976. The van der Waals surface area contributed by atoms with Crippen LogP contribution in [0.1, 0.15) is 28.3 Å². The predicted octanol–water partition coefficient (Wildman–Crippen LogP) is 2.89. The predicted molar refractivity (Wildman–Crippen MR) is 89.2 cm³/mol. The molecule has 0 N–H and O–H groups in total. The lowest BCUT2D eigenvalue weighted by atomic mass is 10.1. The van der Waals surface area contributed by atoms with E-state index in [2.05, 4.69) is 51.6 Å². The summed E-state index contributed by atoms with van der Waals surface area (Å²) in [6, 6.07) is 10.5. The van der Waals surface area contributed by atoms with Crippen molar-refractivity contribution in [2.75, 3.05) is 0 Å². The van der Waals surface area contributed by atoms with Crippen molar-refractivity contribution in [2.24, 2.45) is 0 Å². The van der Waals surface area contributed by atoms with Crippen molar-refractivity contribution < 1.29 is 0 Å². The summed E-state index contributed by atoms with van der Waals surface area (Å²) in [5, 5.41) is 18.4. The van der Waals surface area contributed by atoms with Crippen LogP contribution >= 0.6 is 11.3 Å². The highest BCUT2D eigenvalue weighted by Crippen LogP contribution is 2.20. The highest BCUT2D eigenvalue weighted by Gasteiger charge is 2.15. The Morgan fingerprint density at radius 2 is 1.78 bits per heavy atom. The zero-order chi connectivity index (χ0) is 16.0. The van der Waals surface area contributed by atoms with E-state index in [0.717, 1.165) is 27.3 Å². The summed E-state index contributed by atoms with van der Waals surface area (Å²) in [5.74, 6) is 0.841. The van der Waals surface area contributed by atoms with Crippen molar-refractivity contribution in [1.29, 1.82) is 0 Å². The molecular formula is C16H16N6S. The number of benzene rings is 1. The van der Waals surface area contributed by atoms with E-state index in [1.807, 2.05) is 29.1 Å². The molecule has 0 radical (unpaired) electrons. The van der Waals surface area contributed by atoms with Gasteiger partial charge in [0.15, 0.2) is 5.82 Å². The topological polar surface area (TPSA) is 60.9 Å². The lowest BCUT2D eigenvalue weighted by molar-refractivity contribution is 0.773. The number of rotatable bonds is 3. The van der Waals surface area contributed by atoms with Gasteiger partial charge in [0.25, 0.3) is 0 Å². The minimum Gasteiger partial charge on any atom is -0.209 e. The Morgan fingerprint density at radius 1 is 1.00 bits per heavy atom. The molecule has 3 heterocycles. The summed E-state index contributed by atoms with van der Waals surface area (Å²) in [6.45, 7) is 6.09. The quantitative estimate of drug-likeness (QED) is 0.581. The van der Waals surface area contributed by atoms with E-state index in [1.54, 1.807) is 0 Å². The van der Waals surface area contributed by atoms with Gasteiger partial charge in [0.2, 0.25) is 10.1 Å². The Kier molecular flexibility index (Phi) is 3.23. The SMILES string of the molecule is Cc1ccc(Cc2nnc3sc(-n4nc(C)cc4C)nn23)cc1. The van der Waals surface area contributed by atoms with Gasteiger partial charge < -0.3 is 0 Å². The molecule has 23 heavy (non-hydrogen) atoms. The van der Waals surface area contributed by atoms with Gasteiger partial charge in [0.1, 0.15) is 0 Å². The van der Waals surface area contributed by atoms with E-state index < -0.39 is 0 Å². The van der Waals surface area contributed by atoms with Gasteiger partial charge in [0, 0.05) is 12.1 Å². The maximum Gasteiger partial charge on any atom is 0.236 e. The molecule has 0 aliphatic carbocycles. The van der Waals surface area contributed by atoms with Crippen LogP contribution in [0.25, 0.3) is 10.1 Å². The lowest BCUT2D eigenvalue weighted by Crippen LogP contribution is -2.02. The number of nitrogens with zero attached hydrogens (tertiary/aromatic N) is 6. The molecule has 0 aliphatic heterocycles. The summed E-state index contributed by atoms with van der Waals surface area (Å²) < 4.78 is 3.67. The molecule has 6 nitrogen and oxygen atoms in total. The first-order valence-corrected chi connectivity index (χ1v) is 8.22. The highest BCUT2D eigenvalue weighted by molar-refractivity contribution is 7.18. The summed E-state index contributed by atoms with van der Waals surface area (Å²) >= 11 is 1.49. The molecule has 0 saturated carbocycles. The number of fused-ring (bicyclic) bond motifs is 1. The van der Waals surface area contributed by atoms with Crippen molar-refractivity contribution in [1.82, 2.24) is 29.6 Å². The third-order valence-corrected chi connectivity index (χ3v) is 4.59. The largest absolute Gasteiger partial charge is 0.236 e. The number of aromatic nitrogens is 6. The van der Waals surface area contributed by atoms with Gasteiger partial charge in [-0.25, -0.2) is 4.68 Å². The van der Waals surface area contributed by atoms with E-state index >= 15 is 0 Å². The van der Waals surface area contributed by atoms with Gasteiger partial charge in [0.05, 0.1) is 5.69 Å². The molecule has 0 fully saturated rings. The van der Waals surface area contributed by atoms with Crippen LogP contribution < -0.4 is 0 Å². The minimum absolute atomic E-state index is 0.710. The van der Waals surface area contributed by atoms with E-state index in [-0.39, 0.29) is 0 Å². The van der Waals surface area contributed by atoms with Crippen LogP contribution in [-0.2, 0) is 6.42 Å². The fourth-order valence-electron chi connectivity index (χ4n) is 2.55. The van der Waals surface area contributed by atoms with Gasteiger partial charge in [-0.2, -0.15) is 9.61 Å². The molecule has 0 bridgehead atoms. The van der Waals surface area contributed by atoms with E-state index in [1.165, 1.54) is 22.5 Å². The molecule has 1 aromatic carbocycles. The van der Waals surface area contributed by atoms with E-state index in [4.69, 9.17) is 0 Å². The first kappa shape index (κ1) is 14.1. The van der Waals surface area contributed by atoms with Crippen molar-refractivity contribution in [2.45, 2.75) is 27.2 Å². The highest BCUT2D eigenvalue weighted by atomic mass is 32.1. The van der Waals surface area contributed by atoms with Crippen LogP contribution in [0, 0.1) is 20.8 Å². The second-order valence-corrected chi connectivity index (χ2v) is 6.63. The van der Waals surface area contributed by atoms with Crippen LogP contribution in [0.15, 0.2) is 30.3 Å². The Balaban J connectivity index is 1.72. The minimum atomic E-state index is 0.710. The van der Waals surface area contributed by atoms with Crippen LogP contribution in [0.5, 0.6) is 0 Å². The second kappa shape index (κ2) is 5.27. The van der Waals surface area contributed by atoms with Gasteiger partial charge in [-0.1, -0.05) is 41.2 Å². The summed E-state index contributed by atoms with van der Waals surface area (Å²) in [5.41, 5.74) is 4.49. The average Bonchev–Trinajstić information content (AvgIpc) is 3.17. The maximum atomic E-state index is 4.64. The molecule has 3 aromatic heterocycles. The third-order valence-electron chi connectivity index (χ3n) is 3.72. The summed E-state index contributed by atoms with van der Waals surface area (Å²) in [6.07, 6.45) is 0.710. The van der Waals surface area contributed by atoms with Crippen molar-refractivity contribution in [3.8, 4) is 5.13 Å². The molecule has 0 amide bonds. The second-order valence-electron chi connectivity index (χ2n) is 5.70. The zero-order valence-corrected chi connectivity index (χ0v) is 14.0. The third kappa shape index (κ3) is 2.53. The van der Waals surface area contributed by atoms with Crippen molar-refractivity contribution >= 4 is 16.3 Å². The molecule has 4 rings (SSSR count). The first-order valence-electron chi connectivity index (χ1n) is 7.40. The molecule has 0 saturated heterocycles. The monoisotopic (exact) mass is 324 g/mol. The summed E-state index contributed by atoms with van der Waals surface area (Å²) in [4.78, 5) is 0.787. The standard InChI is InChI=1S/C16H16N6S/c1-10-4-6-13(7-5-10)9-14-17-18-15-22(14)20-16(23-15)21-12(3)8-11(2)19-21/h4-8H,9H2,1-3H3. The number of hydrogen-bond acceptors (Lipinski definition) is 5. The first-order chi connectivity index (χ1) is 11.1.